The fourth-order valence-corrected chi connectivity index (χ4v) is 1.73. The second-order valence-corrected chi connectivity index (χ2v) is 4.75. The van der Waals surface area contributed by atoms with Crippen molar-refractivity contribution in [2.75, 3.05) is 6.54 Å². The lowest BCUT2D eigenvalue weighted by molar-refractivity contribution is -0.121. The van der Waals surface area contributed by atoms with E-state index >= 15 is 0 Å². The minimum absolute atomic E-state index is 0.0501. The molecule has 1 aromatic rings. The Balaban J connectivity index is 1.64. The summed E-state index contributed by atoms with van der Waals surface area (Å²) in [5.41, 5.74) is 0.419. The molecule has 2 amide bonds. The zero-order chi connectivity index (χ0) is 13.7. The third-order valence-electron chi connectivity index (χ3n) is 2.92. The molecule has 0 unspecified atom stereocenters. The number of phenols is 1. The highest BCUT2D eigenvalue weighted by atomic mass is 16.3. The molecule has 0 bridgehead atoms. The van der Waals surface area contributed by atoms with Gasteiger partial charge in [0.1, 0.15) is 5.75 Å². The van der Waals surface area contributed by atoms with Gasteiger partial charge >= 0.3 is 0 Å². The Labute approximate surface area is 112 Å². The molecule has 1 saturated carbocycles. The second-order valence-electron chi connectivity index (χ2n) is 4.75. The van der Waals surface area contributed by atoms with Gasteiger partial charge in [-0.1, -0.05) is 6.07 Å². The van der Waals surface area contributed by atoms with Crippen LogP contribution >= 0.6 is 0 Å². The molecule has 0 atom stereocenters. The Bertz CT molecular complexity index is 470. The molecule has 0 aliphatic heterocycles. The van der Waals surface area contributed by atoms with Gasteiger partial charge in [0, 0.05) is 24.6 Å². The first-order chi connectivity index (χ1) is 9.15. The SMILES string of the molecule is O=C(CCCNC(=O)c1cccc(O)c1)NC1CC1. The molecule has 1 aliphatic rings. The first kappa shape index (κ1) is 13.4. The maximum Gasteiger partial charge on any atom is 0.251 e. The molecule has 19 heavy (non-hydrogen) atoms. The highest BCUT2D eigenvalue weighted by molar-refractivity contribution is 5.94. The first-order valence-electron chi connectivity index (χ1n) is 6.52. The summed E-state index contributed by atoms with van der Waals surface area (Å²) in [6, 6.07) is 6.56. The summed E-state index contributed by atoms with van der Waals surface area (Å²) in [5, 5.41) is 14.9. The van der Waals surface area contributed by atoms with Crippen LogP contribution in [-0.4, -0.2) is 29.5 Å². The van der Waals surface area contributed by atoms with E-state index in [1.807, 2.05) is 0 Å². The standard InChI is InChI=1S/C14H18N2O3/c17-12-4-1-3-10(9-12)14(19)15-8-2-5-13(18)16-11-6-7-11/h1,3-4,9,11,17H,2,5-8H2,(H,15,19)(H,16,18). The molecule has 5 nitrogen and oxygen atoms in total. The van der Waals surface area contributed by atoms with Gasteiger partial charge in [0.05, 0.1) is 0 Å². The molecule has 0 spiro atoms. The molecule has 0 heterocycles. The topological polar surface area (TPSA) is 78.4 Å². The average molecular weight is 262 g/mol. The van der Waals surface area contributed by atoms with Crippen LogP contribution in [0, 0.1) is 0 Å². The molecule has 102 valence electrons. The van der Waals surface area contributed by atoms with Gasteiger partial charge in [-0.15, -0.1) is 0 Å². The molecule has 1 aliphatic carbocycles. The van der Waals surface area contributed by atoms with Crippen LogP contribution in [0.5, 0.6) is 5.75 Å². The second kappa shape index (κ2) is 6.22. The number of carbonyl (C=O) groups is 2. The van der Waals surface area contributed by atoms with E-state index in [9.17, 15) is 14.7 Å². The lowest BCUT2D eigenvalue weighted by atomic mass is 10.2. The van der Waals surface area contributed by atoms with Crippen LogP contribution in [0.25, 0.3) is 0 Å². The zero-order valence-corrected chi connectivity index (χ0v) is 10.7. The van der Waals surface area contributed by atoms with E-state index in [-0.39, 0.29) is 17.6 Å². The Hall–Kier alpha value is -2.04. The van der Waals surface area contributed by atoms with Gasteiger partial charge in [-0.2, -0.15) is 0 Å². The molecule has 1 aromatic carbocycles. The maximum absolute atomic E-state index is 11.7. The molecule has 2 rings (SSSR count). The van der Waals surface area contributed by atoms with Crippen LogP contribution in [0.4, 0.5) is 0 Å². The van der Waals surface area contributed by atoms with Crippen molar-refractivity contribution in [2.24, 2.45) is 0 Å². The number of phenolic OH excluding ortho intramolecular Hbond substituents is 1. The predicted octanol–water partition coefficient (Wildman–Crippen LogP) is 1.18. The molecule has 3 N–H and O–H groups in total. The van der Waals surface area contributed by atoms with Crippen molar-refractivity contribution in [3.05, 3.63) is 29.8 Å². The van der Waals surface area contributed by atoms with E-state index in [4.69, 9.17) is 0 Å². The first-order valence-corrected chi connectivity index (χ1v) is 6.52. The molecule has 0 aromatic heterocycles. The van der Waals surface area contributed by atoms with Crippen molar-refractivity contribution in [3.63, 3.8) is 0 Å². The van der Waals surface area contributed by atoms with E-state index in [1.54, 1.807) is 12.1 Å². The quantitative estimate of drug-likeness (QED) is 0.674. The highest BCUT2D eigenvalue weighted by Gasteiger charge is 2.22. The number of amides is 2. The third kappa shape index (κ3) is 4.62. The van der Waals surface area contributed by atoms with E-state index < -0.39 is 0 Å². The van der Waals surface area contributed by atoms with E-state index in [2.05, 4.69) is 10.6 Å². The number of benzene rings is 1. The van der Waals surface area contributed by atoms with Crippen molar-refractivity contribution in [1.82, 2.24) is 10.6 Å². The van der Waals surface area contributed by atoms with Gasteiger partial charge in [-0.25, -0.2) is 0 Å². The van der Waals surface area contributed by atoms with Crippen LogP contribution in [0.15, 0.2) is 24.3 Å². The van der Waals surface area contributed by atoms with Crippen molar-refractivity contribution < 1.29 is 14.7 Å². The minimum atomic E-state index is -0.237. The van der Waals surface area contributed by atoms with E-state index in [0.717, 1.165) is 12.8 Å². The van der Waals surface area contributed by atoms with Crippen LogP contribution < -0.4 is 10.6 Å². The maximum atomic E-state index is 11.7. The molecule has 5 heteroatoms. The fraction of sp³-hybridized carbons (Fsp3) is 0.429. The summed E-state index contributed by atoms with van der Waals surface area (Å²) < 4.78 is 0. The normalized spacial score (nSPS) is 13.9. The van der Waals surface area contributed by atoms with Gasteiger partial charge in [-0.05, 0) is 37.5 Å². The fourth-order valence-electron chi connectivity index (χ4n) is 1.73. The van der Waals surface area contributed by atoms with Crippen molar-refractivity contribution in [2.45, 2.75) is 31.7 Å². The van der Waals surface area contributed by atoms with Crippen molar-refractivity contribution in [3.8, 4) is 5.75 Å². The smallest absolute Gasteiger partial charge is 0.251 e. The Morgan fingerprint density at radius 2 is 2.11 bits per heavy atom. The van der Waals surface area contributed by atoms with Crippen molar-refractivity contribution >= 4 is 11.8 Å². The summed E-state index contributed by atoms with van der Waals surface area (Å²) in [6.45, 7) is 0.451. The largest absolute Gasteiger partial charge is 0.508 e. The number of aromatic hydroxyl groups is 1. The van der Waals surface area contributed by atoms with Gasteiger partial charge in [0.2, 0.25) is 5.91 Å². The van der Waals surface area contributed by atoms with Gasteiger partial charge in [0.25, 0.3) is 5.91 Å². The van der Waals surface area contributed by atoms with E-state index in [0.29, 0.717) is 31.0 Å². The Morgan fingerprint density at radius 1 is 1.32 bits per heavy atom. The van der Waals surface area contributed by atoms with Crippen LogP contribution in [0.3, 0.4) is 0 Å². The molecule has 0 radical (unpaired) electrons. The van der Waals surface area contributed by atoms with Gasteiger partial charge < -0.3 is 15.7 Å². The van der Waals surface area contributed by atoms with Crippen LogP contribution in [-0.2, 0) is 4.79 Å². The average Bonchev–Trinajstić information content (AvgIpc) is 3.18. The molecular weight excluding hydrogens is 244 g/mol. The number of rotatable bonds is 6. The molecule has 0 saturated heterocycles. The Kier molecular flexibility index (Phi) is 4.39. The number of carbonyl (C=O) groups excluding carboxylic acids is 2. The van der Waals surface area contributed by atoms with Crippen LogP contribution in [0.1, 0.15) is 36.0 Å². The van der Waals surface area contributed by atoms with Gasteiger partial charge in [-0.3, -0.25) is 9.59 Å². The number of hydrogen-bond donors (Lipinski definition) is 3. The van der Waals surface area contributed by atoms with Gasteiger partial charge in [0.15, 0.2) is 0 Å². The lowest BCUT2D eigenvalue weighted by Gasteiger charge is -2.06. The number of nitrogens with one attached hydrogen (secondary N) is 2. The predicted molar refractivity (Wildman–Crippen MR) is 70.8 cm³/mol. The summed E-state index contributed by atoms with van der Waals surface area (Å²) in [6.07, 6.45) is 3.21. The van der Waals surface area contributed by atoms with Crippen LogP contribution in [0.2, 0.25) is 0 Å². The van der Waals surface area contributed by atoms with E-state index in [1.165, 1.54) is 12.1 Å². The molecule has 1 fully saturated rings. The highest BCUT2D eigenvalue weighted by Crippen LogP contribution is 2.18. The summed E-state index contributed by atoms with van der Waals surface area (Å²) in [4.78, 5) is 23.1. The summed E-state index contributed by atoms with van der Waals surface area (Å²) in [5.74, 6) is -0.121. The zero-order valence-electron chi connectivity index (χ0n) is 10.7. The Morgan fingerprint density at radius 3 is 2.79 bits per heavy atom. The minimum Gasteiger partial charge on any atom is -0.508 e. The number of hydrogen-bond acceptors (Lipinski definition) is 3. The monoisotopic (exact) mass is 262 g/mol. The summed E-state index contributed by atoms with van der Waals surface area (Å²) >= 11 is 0. The summed E-state index contributed by atoms with van der Waals surface area (Å²) in [7, 11) is 0. The third-order valence-corrected chi connectivity index (χ3v) is 2.92. The van der Waals surface area contributed by atoms with Crippen molar-refractivity contribution in [1.29, 1.82) is 0 Å². The molecular formula is C14H18N2O3. The lowest BCUT2D eigenvalue weighted by Crippen LogP contribution is -2.28.